The van der Waals surface area contributed by atoms with E-state index in [1.807, 2.05) is 18.7 Å². The van der Waals surface area contributed by atoms with Crippen molar-refractivity contribution in [1.82, 2.24) is 5.10 Å². The van der Waals surface area contributed by atoms with Gasteiger partial charge in [-0.3, -0.25) is 0 Å². The minimum absolute atomic E-state index is 0. The summed E-state index contributed by atoms with van der Waals surface area (Å²) in [6.07, 6.45) is 0. The zero-order valence-electron chi connectivity index (χ0n) is 9.81. The minimum Gasteiger partial charge on any atom is -1.00 e. The zero-order valence-corrected chi connectivity index (χ0v) is 12.0. The van der Waals surface area contributed by atoms with Crippen molar-refractivity contribution < 1.29 is 28.7 Å². The molecule has 0 bridgehead atoms. The number of aryl methyl sites for hydroxylation is 2. The van der Waals surface area contributed by atoms with E-state index in [0.29, 0.717) is 0 Å². The lowest BCUT2D eigenvalue weighted by Gasteiger charge is -2.01. The number of aromatic nitrogens is 2. The van der Waals surface area contributed by atoms with Crippen LogP contribution in [0.5, 0.6) is 0 Å². The lowest BCUT2D eigenvalue weighted by Crippen LogP contribution is -3.00. The third-order valence-corrected chi connectivity index (χ3v) is 2.96. The summed E-state index contributed by atoms with van der Waals surface area (Å²) in [6, 6.07) is 14.9. The summed E-state index contributed by atoms with van der Waals surface area (Å²) in [6.45, 7) is 2.03. The second kappa shape index (κ2) is 4.56. The first-order valence-corrected chi connectivity index (χ1v) is 5.41. The van der Waals surface area contributed by atoms with Crippen LogP contribution < -0.4 is 28.7 Å². The van der Waals surface area contributed by atoms with E-state index in [1.54, 1.807) is 0 Å². The van der Waals surface area contributed by atoms with Gasteiger partial charge < -0.3 is 24.0 Å². The number of rotatable bonds is 0. The van der Waals surface area contributed by atoms with Crippen molar-refractivity contribution in [2.24, 2.45) is 7.05 Å². The van der Waals surface area contributed by atoms with Crippen molar-refractivity contribution in [3.05, 3.63) is 48.2 Å². The van der Waals surface area contributed by atoms with Crippen molar-refractivity contribution in [3.8, 4) is 0 Å². The van der Waals surface area contributed by atoms with Crippen LogP contribution in [0.15, 0.2) is 42.5 Å². The maximum absolute atomic E-state index is 4.43. The molecule has 0 atom stereocenters. The van der Waals surface area contributed by atoms with Crippen LogP contribution in [0.2, 0.25) is 0 Å². The van der Waals surface area contributed by atoms with E-state index >= 15 is 0 Å². The Balaban J connectivity index is 0.00000108. The van der Waals surface area contributed by atoms with Crippen molar-refractivity contribution >= 4 is 21.7 Å². The molecule has 0 saturated heterocycles. The molecule has 2 nitrogen and oxygen atoms in total. The van der Waals surface area contributed by atoms with Crippen LogP contribution in [0.4, 0.5) is 0 Å². The van der Waals surface area contributed by atoms with Gasteiger partial charge in [0.1, 0.15) is 5.69 Å². The molecule has 0 N–H and O–H groups in total. The van der Waals surface area contributed by atoms with Gasteiger partial charge in [-0.05, 0) is 34.9 Å². The van der Waals surface area contributed by atoms with E-state index in [1.165, 1.54) is 21.7 Å². The Morgan fingerprint density at radius 2 is 1.76 bits per heavy atom. The molecule has 3 rings (SSSR count). The van der Waals surface area contributed by atoms with E-state index in [0.717, 1.165) is 5.69 Å². The standard InChI is InChI=1S/C14H13N2.HI/c1-10-9-13-12-6-4-3-5-11(12)7-8-14(13)16(2)15-10;/h3-9H,1-2H3;1H/q+1;/p-1. The molecule has 3 heteroatoms. The van der Waals surface area contributed by atoms with Crippen molar-refractivity contribution in [2.45, 2.75) is 6.92 Å². The normalized spacial score (nSPS) is 10.5. The fourth-order valence-corrected chi connectivity index (χ4v) is 2.25. The Hall–Kier alpha value is -1.23. The molecular formula is C14H13IN2. The summed E-state index contributed by atoms with van der Waals surface area (Å²) in [5, 5.41) is 8.27. The molecule has 86 valence electrons. The van der Waals surface area contributed by atoms with Gasteiger partial charge in [-0.2, -0.15) is 0 Å². The van der Waals surface area contributed by atoms with Crippen LogP contribution in [-0.2, 0) is 7.05 Å². The molecule has 3 aromatic rings. The third kappa shape index (κ3) is 1.99. The van der Waals surface area contributed by atoms with Crippen LogP contribution in [0, 0.1) is 6.92 Å². The third-order valence-electron chi connectivity index (χ3n) is 2.96. The molecule has 0 unspecified atom stereocenters. The summed E-state index contributed by atoms with van der Waals surface area (Å²) >= 11 is 0. The first-order chi connectivity index (χ1) is 7.75. The van der Waals surface area contributed by atoms with Crippen LogP contribution in [0.25, 0.3) is 21.7 Å². The van der Waals surface area contributed by atoms with Crippen molar-refractivity contribution in [2.75, 3.05) is 0 Å². The molecule has 1 heterocycles. The van der Waals surface area contributed by atoms with Gasteiger partial charge in [-0.25, -0.2) is 0 Å². The summed E-state index contributed by atoms with van der Waals surface area (Å²) in [5.41, 5.74) is 2.22. The Kier molecular flexibility index (Phi) is 3.28. The number of halogens is 1. The van der Waals surface area contributed by atoms with Gasteiger partial charge in [-0.1, -0.05) is 28.9 Å². The number of fused-ring (bicyclic) bond motifs is 3. The highest BCUT2D eigenvalue weighted by Crippen LogP contribution is 2.22. The molecule has 17 heavy (non-hydrogen) atoms. The molecular weight excluding hydrogens is 323 g/mol. The highest BCUT2D eigenvalue weighted by molar-refractivity contribution is 6.04. The number of nitrogens with zero attached hydrogens (tertiary/aromatic N) is 2. The van der Waals surface area contributed by atoms with Gasteiger partial charge in [0, 0.05) is 6.07 Å². The topological polar surface area (TPSA) is 16.8 Å². The predicted octanol–water partition coefficient (Wildman–Crippen LogP) is -0.475. The average Bonchev–Trinajstić information content (AvgIpc) is 2.28. The van der Waals surface area contributed by atoms with Crippen LogP contribution >= 0.6 is 0 Å². The molecule has 0 amide bonds. The molecule has 0 saturated carbocycles. The zero-order chi connectivity index (χ0) is 11.1. The molecule has 0 aliphatic carbocycles. The van der Waals surface area contributed by atoms with Crippen molar-refractivity contribution in [3.63, 3.8) is 0 Å². The van der Waals surface area contributed by atoms with Gasteiger partial charge >= 0.3 is 0 Å². The van der Waals surface area contributed by atoms with Gasteiger partial charge in [0.15, 0.2) is 7.05 Å². The maximum Gasteiger partial charge on any atom is 0.239 e. The van der Waals surface area contributed by atoms with Gasteiger partial charge in [-0.15, -0.1) is 0 Å². The largest absolute Gasteiger partial charge is 1.00 e. The summed E-state index contributed by atoms with van der Waals surface area (Å²) in [7, 11) is 1.99. The second-order valence-corrected chi connectivity index (χ2v) is 4.13. The Bertz CT molecular complexity index is 692. The smallest absolute Gasteiger partial charge is 0.239 e. The Morgan fingerprint density at radius 3 is 2.59 bits per heavy atom. The fraction of sp³-hybridized carbons (Fsp3) is 0.143. The van der Waals surface area contributed by atoms with Crippen LogP contribution in [0.1, 0.15) is 5.69 Å². The first-order valence-electron chi connectivity index (χ1n) is 5.41. The summed E-state index contributed by atoms with van der Waals surface area (Å²) in [5.74, 6) is 0. The van der Waals surface area contributed by atoms with Crippen LogP contribution in [-0.4, -0.2) is 5.10 Å². The lowest BCUT2D eigenvalue weighted by molar-refractivity contribution is -0.706. The van der Waals surface area contributed by atoms with E-state index in [9.17, 15) is 0 Å². The maximum atomic E-state index is 4.43. The number of hydrogen-bond donors (Lipinski definition) is 0. The molecule has 1 aromatic heterocycles. The van der Waals surface area contributed by atoms with E-state index < -0.39 is 0 Å². The summed E-state index contributed by atoms with van der Waals surface area (Å²) in [4.78, 5) is 0. The lowest BCUT2D eigenvalue weighted by atomic mass is 10.1. The Morgan fingerprint density at radius 1 is 1.00 bits per heavy atom. The quantitative estimate of drug-likeness (QED) is 0.308. The average molecular weight is 336 g/mol. The Labute approximate surface area is 117 Å². The molecule has 0 aliphatic heterocycles. The highest BCUT2D eigenvalue weighted by atomic mass is 127. The SMILES string of the molecule is Cc1cc2c3ccccc3ccc2[n+](C)n1.[I-]. The minimum atomic E-state index is 0. The number of hydrogen-bond acceptors (Lipinski definition) is 1. The molecule has 0 fully saturated rings. The molecule has 2 aromatic carbocycles. The van der Waals surface area contributed by atoms with Gasteiger partial charge in [0.25, 0.3) is 0 Å². The molecule has 0 radical (unpaired) electrons. The van der Waals surface area contributed by atoms with E-state index in [2.05, 4.69) is 47.6 Å². The highest BCUT2D eigenvalue weighted by Gasteiger charge is 2.10. The van der Waals surface area contributed by atoms with Gasteiger partial charge in [0.05, 0.1) is 5.39 Å². The van der Waals surface area contributed by atoms with Crippen LogP contribution in [0.3, 0.4) is 0 Å². The monoisotopic (exact) mass is 336 g/mol. The fourth-order valence-electron chi connectivity index (χ4n) is 2.25. The van der Waals surface area contributed by atoms with Gasteiger partial charge in [0.2, 0.25) is 5.52 Å². The number of benzene rings is 2. The van der Waals surface area contributed by atoms with E-state index in [4.69, 9.17) is 0 Å². The predicted molar refractivity (Wildman–Crippen MR) is 65.2 cm³/mol. The van der Waals surface area contributed by atoms with E-state index in [-0.39, 0.29) is 24.0 Å². The summed E-state index contributed by atoms with van der Waals surface area (Å²) < 4.78 is 1.94. The van der Waals surface area contributed by atoms with Crippen molar-refractivity contribution in [1.29, 1.82) is 0 Å². The first kappa shape index (κ1) is 12.2. The second-order valence-electron chi connectivity index (χ2n) is 4.13. The molecule has 0 aliphatic rings. The molecule has 0 spiro atoms.